The van der Waals surface area contributed by atoms with Crippen molar-refractivity contribution in [1.82, 2.24) is 0 Å². The van der Waals surface area contributed by atoms with Crippen LogP contribution in [0.2, 0.25) is 5.02 Å². The summed E-state index contributed by atoms with van der Waals surface area (Å²) < 4.78 is 37.5. The molecular formula is C11H10ClF3N2O3. The quantitative estimate of drug-likeness (QED) is 0.870. The fraction of sp³-hybridized carbons (Fsp3) is 0.273. The monoisotopic (exact) mass is 310 g/mol. The van der Waals surface area contributed by atoms with Crippen molar-refractivity contribution in [2.75, 3.05) is 18.0 Å². The Balaban J connectivity index is 3.28. The van der Waals surface area contributed by atoms with Gasteiger partial charge in [-0.2, -0.15) is 13.2 Å². The maximum absolute atomic E-state index is 12.5. The van der Waals surface area contributed by atoms with Gasteiger partial charge in [-0.25, -0.2) is 0 Å². The van der Waals surface area contributed by atoms with Crippen molar-refractivity contribution in [3.63, 3.8) is 0 Å². The van der Waals surface area contributed by atoms with Gasteiger partial charge >= 0.3 is 12.1 Å². The second-order valence-corrected chi connectivity index (χ2v) is 4.33. The van der Waals surface area contributed by atoms with E-state index in [9.17, 15) is 22.8 Å². The smallest absolute Gasteiger partial charge is 0.405 e. The highest BCUT2D eigenvalue weighted by atomic mass is 35.5. The number of aliphatic carboxylic acids is 1. The summed E-state index contributed by atoms with van der Waals surface area (Å²) in [6, 6.07) is 3.49. The van der Waals surface area contributed by atoms with Crippen LogP contribution >= 0.6 is 11.6 Å². The fourth-order valence-electron chi connectivity index (χ4n) is 1.58. The molecule has 20 heavy (non-hydrogen) atoms. The summed E-state index contributed by atoms with van der Waals surface area (Å²) in [7, 11) is 0. The molecule has 110 valence electrons. The van der Waals surface area contributed by atoms with Gasteiger partial charge in [0.1, 0.15) is 13.1 Å². The molecule has 0 spiro atoms. The van der Waals surface area contributed by atoms with Crippen molar-refractivity contribution in [3.8, 4) is 0 Å². The molecule has 9 heteroatoms. The molecule has 0 bridgehead atoms. The minimum Gasteiger partial charge on any atom is -0.480 e. The third-order valence-electron chi connectivity index (χ3n) is 2.26. The fourth-order valence-corrected chi connectivity index (χ4v) is 1.75. The number of alkyl halides is 3. The molecule has 1 rings (SSSR count). The zero-order valence-electron chi connectivity index (χ0n) is 9.95. The van der Waals surface area contributed by atoms with Crippen molar-refractivity contribution in [2.24, 2.45) is 5.73 Å². The van der Waals surface area contributed by atoms with Gasteiger partial charge in [-0.05, 0) is 18.2 Å². The molecule has 1 amide bonds. The van der Waals surface area contributed by atoms with Crippen LogP contribution in [0.25, 0.3) is 0 Å². The third-order valence-corrected chi connectivity index (χ3v) is 2.50. The molecule has 0 fully saturated rings. The van der Waals surface area contributed by atoms with E-state index >= 15 is 0 Å². The van der Waals surface area contributed by atoms with Crippen LogP contribution < -0.4 is 10.6 Å². The van der Waals surface area contributed by atoms with Crippen molar-refractivity contribution < 1.29 is 27.9 Å². The highest BCUT2D eigenvalue weighted by Gasteiger charge is 2.33. The second kappa shape index (κ2) is 6.00. The van der Waals surface area contributed by atoms with E-state index in [1.165, 1.54) is 6.07 Å². The van der Waals surface area contributed by atoms with E-state index in [4.69, 9.17) is 22.4 Å². The number of anilines is 1. The summed E-state index contributed by atoms with van der Waals surface area (Å²) in [5.74, 6) is -2.46. The number of carbonyl (C=O) groups excluding carboxylic acids is 1. The van der Waals surface area contributed by atoms with Crippen LogP contribution in [0.3, 0.4) is 0 Å². The van der Waals surface area contributed by atoms with Crippen LogP contribution in [0.1, 0.15) is 10.4 Å². The minimum atomic E-state index is -4.65. The van der Waals surface area contributed by atoms with Crippen LogP contribution in [0.5, 0.6) is 0 Å². The molecule has 0 atom stereocenters. The van der Waals surface area contributed by atoms with Crippen LogP contribution in [0.4, 0.5) is 18.9 Å². The lowest BCUT2D eigenvalue weighted by atomic mass is 10.1. The van der Waals surface area contributed by atoms with Crippen molar-refractivity contribution in [3.05, 3.63) is 28.8 Å². The van der Waals surface area contributed by atoms with Gasteiger partial charge in [-0.3, -0.25) is 9.59 Å². The number of hydrogen-bond acceptors (Lipinski definition) is 3. The molecule has 0 radical (unpaired) electrons. The van der Waals surface area contributed by atoms with Crippen LogP contribution in [-0.2, 0) is 4.79 Å². The number of carbonyl (C=O) groups is 2. The number of primary amides is 1. The molecule has 0 aliphatic heterocycles. The molecule has 5 nitrogen and oxygen atoms in total. The number of nitrogens with zero attached hydrogens (tertiary/aromatic N) is 1. The summed E-state index contributed by atoms with van der Waals surface area (Å²) in [6.45, 7) is -2.49. The summed E-state index contributed by atoms with van der Waals surface area (Å²) in [5, 5.41) is 8.74. The van der Waals surface area contributed by atoms with Crippen molar-refractivity contribution in [2.45, 2.75) is 6.18 Å². The maximum atomic E-state index is 12.5. The lowest BCUT2D eigenvalue weighted by Gasteiger charge is -2.25. The number of benzene rings is 1. The molecular weight excluding hydrogens is 301 g/mol. The zero-order chi connectivity index (χ0) is 15.5. The summed E-state index contributed by atoms with van der Waals surface area (Å²) in [6.07, 6.45) is -4.65. The van der Waals surface area contributed by atoms with Gasteiger partial charge in [0.05, 0.1) is 11.3 Å². The first-order valence-corrected chi connectivity index (χ1v) is 5.61. The first kappa shape index (κ1) is 16.1. The molecule has 1 aromatic carbocycles. The third kappa shape index (κ3) is 4.61. The number of halogens is 4. The van der Waals surface area contributed by atoms with Crippen molar-refractivity contribution >= 4 is 29.2 Å². The molecule has 0 aliphatic carbocycles. The van der Waals surface area contributed by atoms with Gasteiger partial charge in [-0.1, -0.05) is 11.6 Å². The average molecular weight is 311 g/mol. The Morgan fingerprint density at radius 1 is 1.35 bits per heavy atom. The number of amides is 1. The first-order valence-electron chi connectivity index (χ1n) is 5.23. The maximum Gasteiger partial charge on any atom is 0.405 e. The highest BCUT2D eigenvalue weighted by molar-refractivity contribution is 6.31. The minimum absolute atomic E-state index is 0.0579. The lowest BCUT2D eigenvalue weighted by molar-refractivity contribution is -0.136. The van der Waals surface area contributed by atoms with E-state index in [1.807, 2.05) is 0 Å². The van der Waals surface area contributed by atoms with Crippen molar-refractivity contribution in [1.29, 1.82) is 0 Å². The van der Waals surface area contributed by atoms with E-state index in [0.29, 0.717) is 4.90 Å². The zero-order valence-corrected chi connectivity index (χ0v) is 10.7. The van der Waals surface area contributed by atoms with Crippen LogP contribution in [-0.4, -0.2) is 36.2 Å². The lowest BCUT2D eigenvalue weighted by Crippen LogP contribution is -2.39. The standard InChI is InChI=1S/C11H10ClF3N2O3/c12-6-1-2-7(10(16)20)8(3-6)17(4-9(18)19)5-11(13,14)15/h1-3H,4-5H2,(H2,16,20)(H,18,19). The molecule has 0 aromatic heterocycles. The second-order valence-electron chi connectivity index (χ2n) is 3.89. The predicted molar refractivity (Wildman–Crippen MR) is 65.9 cm³/mol. The largest absolute Gasteiger partial charge is 0.480 e. The van der Waals surface area contributed by atoms with Crippen LogP contribution in [0.15, 0.2) is 18.2 Å². The highest BCUT2D eigenvalue weighted by Crippen LogP contribution is 2.28. The van der Waals surface area contributed by atoms with Crippen LogP contribution in [0, 0.1) is 0 Å². The van der Waals surface area contributed by atoms with E-state index in [-0.39, 0.29) is 16.3 Å². The Morgan fingerprint density at radius 2 is 1.95 bits per heavy atom. The molecule has 3 N–H and O–H groups in total. The Kier molecular flexibility index (Phi) is 4.83. The van der Waals surface area contributed by atoms with E-state index < -0.39 is 31.1 Å². The van der Waals surface area contributed by atoms with Gasteiger partial charge in [0.25, 0.3) is 5.91 Å². The van der Waals surface area contributed by atoms with Gasteiger partial charge in [0.2, 0.25) is 0 Å². The molecule has 1 aromatic rings. The SMILES string of the molecule is NC(=O)c1ccc(Cl)cc1N(CC(=O)O)CC(F)(F)F. The number of hydrogen-bond donors (Lipinski definition) is 2. The Labute approximate surface area is 116 Å². The van der Waals surface area contributed by atoms with Gasteiger partial charge in [-0.15, -0.1) is 0 Å². The van der Waals surface area contributed by atoms with Gasteiger partial charge in [0.15, 0.2) is 0 Å². The molecule has 0 unspecified atom stereocenters. The summed E-state index contributed by atoms with van der Waals surface area (Å²) in [5.41, 5.74) is 4.55. The van der Waals surface area contributed by atoms with E-state index in [1.54, 1.807) is 0 Å². The Morgan fingerprint density at radius 3 is 2.40 bits per heavy atom. The number of nitrogens with two attached hydrogens (primary N) is 1. The topological polar surface area (TPSA) is 83.6 Å². The molecule has 0 saturated carbocycles. The predicted octanol–water partition coefficient (Wildman–Crippen LogP) is 1.89. The van der Waals surface area contributed by atoms with Gasteiger partial charge in [0, 0.05) is 5.02 Å². The normalized spacial score (nSPS) is 11.2. The van der Waals surface area contributed by atoms with E-state index in [2.05, 4.69) is 0 Å². The average Bonchev–Trinajstić information content (AvgIpc) is 2.24. The van der Waals surface area contributed by atoms with E-state index in [0.717, 1.165) is 12.1 Å². The van der Waals surface area contributed by atoms with Gasteiger partial charge < -0.3 is 15.7 Å². The molecule has 0 heterocycles. The molecule has 0 saturated heterocycles. The summed E-state index contributed by atoms with van der Waals surface area (Å²) >= 11 is 5.67. The number of carboxylic acid groups (broad SMARTS) is 1. The first-order chi connectivity index (χ1) is 9.10. The Bertz CT molecular complexity index is 534. The number of carboxylic acids is 1. The Hall–Kier alpha value is -1.96. The summed E-state index contributed by atoms with van der Waals surface area (Å²) in [4.78, 5) is 22.4. The number of rotatable bonds is 5. The molecule has 0 aliphatic rings.